The van der Waals surface area contributed by atoms with Crippen LogP contribution in [0.5, 0.6) is 11.5 Å². The van der Waals surface area contributed by atoms with Gasteiger partial charge in [-0.25, -0.2) is 0 Å². The highest BCUT2D eigenvalue weighted by atomic mass is 16.5. The number of fused-ring (bicyclic) bond motifs is 1. The van der Waals surface area contributed by atoms with Crippen LogP contribution in [0.1, 0.15) is 33.1 Å². The van der Waals surface area contributed by atoms with Gasteiger partial charge < -0.3 is 19.7 Å². The number of rotatable bonds is 4. The highest BCUT2D eigenvalue weighted by molar-refractivity contribution is 6.02. The van der Waals surface area contributed by atoms with E-state index >= 15 is 0 Å². The van der Waals surface area contributed by atoms with Crippen LogP contribution in [0.4, 0.5) is 5.69 Å². The van der Waals surface area contributed by atoms with Crippen LogP contribution >= 0.6 is 0 Å². The van der Waals surface area contributed by atoms with E-state index in [0.29, 0.717) is 22.7 Å². The van der Waals surface area contributed by atoms with Gasteiger partial charge in [-0.05, 0) is 30.7 Å². The molecule has 1 heterocycles. The van der Waals surface area contributed by atoms with E-state index < -0.39 is 6.04 Å². The Morgan fingerprint density at radius 2 is 1.65 bits per heavy atom. The van der Waals surface area contributed by atoms with E-state index in [2.05, 4.69) is 5.32 Å². The largest absolute Gasteiger partial charge is 0.497 e. The van der Waals surface area contributed by atoms with Gasteiger partial charge in [0.1, 0.15) is 18.0 Å². The highest BCUT2D eigenvalue weighted by Crippen LogP contribution is 2.37. The molecule has 1 aliphatic rings. The van der Waals surface area contributed by atoms with E-state index in [1.165, 1.54) is 14.2 Å². The molecule has 0 saturated heterocycles. The topological polar surface area (TPSA) is 67.9 Å². The summed E-state index contributed by atoms with van der Waals surface area (Å²) in [5.74, 6) is 0.492. The molecule has 0 fully saturated rings. The maximum absolute atomic E-state index is 13.7. The second-order valence-corrected chi connectivity index (χ2v) is 7.49. The first-order valence-electron chi connectivity index (χ1n) is 9.99. The first kappa shape index (κ1) is 20.5. The molecule has 0 spiro atoms. The van der Waals surface area contributed by atoms with Crippen LogP contribution in [0.2, 0.25) is 0 Å². The first-order chi connectivity index (χ1) is 15.0. The molecule has 1 N–H and O–H groups in total. The summed E-state index contributed by atoms with van der Waals surface area (Å²) in [6.45, 7) is 1.92. The third kappa shape index (κ3) is 4.10. The van der Waals surface area contributed by atoms with Gasteiger partial charge in [-0.3, -0.25) is 9.59 Å². The van der Waals surface area contributed by atoms with Gasteiger partial charge in [0.15, 0.2) is 0 Å². The zero-order valence-corrected chi connectivity index (χ0v) is 17.7. The second kappa shape index (κ2) is 8.52. The Hall–Kier alpha value is -3.80. The summed E-state index contributed by atoms with van der Waals surface area (Å²) in [5.41, 5.74) is 3.95. The number of hydrogen-bond donors (Lipinski definition) is 1. The summed E-state index contributed by atoms with van der Waals surface area (Å²) in [6, 6.07) is 20.2. The minimum atomic E-state index is -0.431. The van der Waals surface area contributed by atoms with Crippen molar-refractivity contribution in [2.45, 2.75) is 13.0 Å². The molecule has 1 atom stereocenters. The number of carbonyl (C=O) groups excluding carboxylic acids is 2. The fourth-order valence-corrected chi connectivity index (χ4v) is 3.91. The molecule has 0 unspecified atom stereocenters. The molecule has 158 valence electrons. The molecule has 0 saturated carbocycles. The van der Waals surface area contributed by atoms with Crippen molar-refractivity contribution < 1.29 is 19.1 Å². The van der Waals surface area contributed by atoms with Gasteiger partial charge in [0.05, 0.1) is 20.3 Å². The number of hydrogen-bond acceptors (Lipinski definition) is 4. The summed E-state index contributed by atoms with van der Waals surface area (Å²) in [5, 5.41) is 2.95. The Bertz CT molecular complexity index is 1110. The van der Waals surface area contributed by atoms with Crippen LogP contribution in [-0.2, 0) is 4.79 Å². The van der Waals surface area contributed by atoms with Gasteiger partial charge >= 0.3 is 0 Å². The number of anilines is 1. The lowest BCUT2D eigenvalue weighted by Crippen LogP contribution is -2.39. The molecule has 4 rings (SSSR count). The molecule has 2 amide bonds. The van der Waals surface area contributed by atoms with Crippen molar-refractivity contribution in [3.8, 4) is 11.5 Å². The summed E-state index contributed by atoms with van der Waals surface area (Å²) >= 11 is 0. The Labute approximate surface area is 181 Å². The van der Waals surface area contributed by atoms with Crippen LogP contribution < -0.4 is 14.8 Å². The Balaban J connectivity index is 1.88. The molecule has 6 nitrogen and oxygen atoms in total. The average molecular weight is 416 g/mol. The maximum Gasteiger partial charge on any atom is 0.255 e. The predicted molar refractivity (Wildman–Crippen MR) is 119 cm³/mol. The number of ether oxygens (including phenoxy) is 2. The minimum absolute atomic E-state index is 0.0777. The van der Waals surface area contributed by atoms with Gasteiger partial charge in [0.2, 0.25) is 5.91 Å². The van der Waals surface area contributed by atoms with Crippen LogP contribution in [0.15, 0.2) is 66.7 Å². The summed E-state index contributed by atoms with van der Waals surface area (Å²) in [6.07, 6.45) is 0. The van der Waals surface area contributed by atoms with Crippen LogP contribution in [0, 0.1) is 6.92 Å². The summed E-state index contributed by atoms with van der Waals surface area (Å²) in [4.78, 5) is 28.1. The smallest absolute Gasteiger partial charge is 0.255 e. The van der Waals surface area contributed by atoms with Gasteiger partial charge in [-0.1, -0.05) is 48.0 Å². The monoisotopic (exact) mass is 416 g/mol. The zero-order chi connectivity index (χ0) is 22.0. The normalized spacial score (nSPS) is 15.5. The summed E-state index contributed by atoms with van der Waals surface area (Å²) in [7, 11) is 3.07. The Kier molecular flexibility index (Phi) is 5.62. The van der Waals surface area contributed by atoms with Crippen molar-refractivity contribution in [3.63, 3.8) is 0 Å². The lowest BCUT2D eigenvalue weighted by Gasteiger charge is -2.31. The fourth-order valence-electron chi connectivity index (χ4n) is 3.91. The lowest BCUT2D eigenvalue weighted by atomic mass is 9.94. The van der Waals surface area contributed by atoms with Crippen LogP contribution in [-0.4, -0.2) is 37.5 Å². The Morgan fingerprint density at radius 1 is 0.968 bits per heavy atom. The van der Waals surface area contributed by atoms with Crippen molar-refractivity contribution in [3.05, 3.63) is 89.0 Å². The van der Waals surface area contributed by atoms with Crippen molar-refractivity contribution in [1.29, 1.82) is 0 Å². The molecule has 3 aromatic carbocycles. The minimum Gasteiger partial charge on any atom is -0.497 e. The summed E-state index contributed by atoms with van der Waals surface area (Å²) < 4.78 is 10.7. The average Bonchev–Trinajstić information content (AvgIpc) is 2.94. The van der Waals surface area contributed by atoms with E-state index in [1.807, 2.05) is 55.5 Å². The van der Waals surface area contributed by atoms with Gasteiger partial charge in [0.25, 0.3) is 5.91 Å². The van der Waals surface area contributed by atoms with Gasteiger partial charge in [-0.2, -0.15) is 0 Å². The molecular weight excluding hydrogens is 392 g/mol. The molecule has 1 aliphatic heterocycles. The molecule has 0 bridgehead atoms. The number of nitrogens with one attached hydrogen (secondary N) is 1. The molecule has 0 radical (unpaired) electrons. The maximum atomic E-state index is 13.7. The van der Waals surface area contributed by atoms with Crippen molar-refractivity contribution >= 4 is 17.5 Å². The van der Waals surface area contributed by atoms with Crippen LogP contribution in [0.3, 0.4) is 0 Å². The van der Waals surface area contributed by atoms with E-state index in [9.17, 15) is 9.59 Å². The SMILES string of the molecule is COc1cc(OC)cc(C(=O)N2CC(=O)Nc3ccc(C)cc3[C@@H]2c2ccccc2)c1. The van der Waals surface area contributed by atoms with Crippen molar-refractivity contribution in [2.75, 3.05) is 26.1 Å². The highest BCUT2D eigenvalue weighted by Gasteiger charge is 2.34. The van der Waals surface area contributed by atoms with Gasteiger partial charge in [-0.15, -0.1) is 0 Å². The standard InChI is InChI=1S/C25H24N2O4/c1-16-9-10-22-21(11-16)24(17-7-5-4-6-8-17)27(15-23(28)26-22)25(29)18-12-19(30-2)14-20(13-18)31-3/h4-14,24H,15H2,1-3H3,(H,26,28)/t24-/m0/s1. The van der Waals surface area contributed by atoms with Gasteiger partial charge in [0, 0.05) is 22.9 Å². The number of amides is 2. The lowest BCUT2D eigenvalue weighted by molar-refractivity contribution is -0.117. The van der Waals surface area contributed by atoms with E-state index in [4.69, 9.17) is 9.47 Å². The second-order valence-electron chi connectivity index (χ2n) is 7.49. The third-order valence-electron chi connectivity index (χ3n) is 5.38. The van der Waals surface area contributed by atoms with E-state index in [-0.39, 0.29) is 18.4 Å². The number of methoxy groups -OCH3 is 2. The Morgan fingerprint density at radius 3 is 2.29 bits per heavy atom. The molecule has 6 heteroatoms. The third-order valence-corrected chi connectivity index (χ3v) is 5.38. The molecule has 31 heavy (non-hydrogen) atoms. The molecule has 0 aromatic heterocycles. The van der Waals surface area contributed by atoms with E-state index in [0.717, 1.165) is 16.7 Å². The molecule has 0 aliphatic carbocycles. The molecular formula is C25H24N2O4. The number of carbonyl (C=O) groups is 2. The van der Waals surface area contributed by atoms with E-state index in [1.54, 1.807) is 23.1 Å². The number of nitrogens with zero attached hydrogens (tertiary/aromatic N) is 1. The zero-order valence-electron chi connectivity index (χ0n) is 17.7. The quantitative estimate of drug-likeness (QED) is 0.692. The number of benzene rings is 3. The van der Waals surface area contributed by atoms with Crippen LogP contribution in [0.25, 0.3) is 0 Å². The van der Waals surface area contributed by atoms with Crippen molar-refractivity contribution in [2.24, 2.45) is 0 Å². The fraction of sp³-hybridized carbons (Fsp3) is 0.200. The van der Waals surface area contributed by atoms with Crippen molar-refractivity contribution in [1.82, 2.24) is 4.90 Å². The first-order valence-corrected chi connectivity index (χ1v) is 9.99. The molecule has 3 aromatic rings. The predicted octanol–water partition coefficient (Wildman–Crippen LogP) is 4.20. The number of aryl methyl sites for hydroxylation is 1.